The van der Waals surface area contributed by atoms with Gasteiger partial charge in [-0.05, 0) is 72.4 Å². The van der Waals surface area contributed by atoms with Gasteiger partial charge in [-0.2, -0.15) is 0 Å². The van der Waals surface area contributed by atoms with Crippen molar-refractivity contribution < 1.29 is 4.39 Å². The number of nitrogens with zero attached hydrogens (tertiary/aromatic N) is 1. The number of halogens is 1. The van der Waals surface area contributed by atoms with E-state index in [0.717, 1.165) is 28.5 Å². The fourth-order valence-corrected chi connectivity index (χ4v) is 4.01. The molecule has 0 saturated carbocycles. The van der Waals surface area contributed by atoms with Crippen LogP contribution in [0.4, 0.5) is 4.39 Å². The summed E-state index contributed by atoms with van der Waals surface area (Å²) in [5.41, 5.74) is 4.56. The van der Waals surface area contributed by atoms with Crippen LogP contribution in [-0.2, 0) is 19.5 Å². The van der Waals surface area contributed by atoms with Crippen molar-refractivity contribution in [3.63, 3.8) is 0 Å². The number of H-pyrrole nitrogens is 1. The number of benzene rings is 3. The van der Waals surface area contributed by atoms with Crippen molar-refractivity contribution in [1.82, 2.24) is 15.2 Å². The Kier molecular flexibility index (Phi) is 7.15. The van der Waals surface area contributed by atoms with E-state index < -0.39 is 0 Å². The van der Waals surface area contributed by atoms with Crippen LogP contribution >= 0.6 is 12.2 Å². The molecule has 0 aliphatic heterocycles. The van der Waals surface area contributed by atoms with Crippen LogP contribution in [0.3, 0.4) is 0 Å². The van der Waals surface area contributed by atoms with Crippen LogP contribution in [-0.4, -0.2) is 21.5 Å². The molecule has 3 aromatic carbocycles. The molecule has 0 atom stereocenters. The van der Waals surface area contributed by atoms with Gasteiger partial charge in [0.05, 0.1) is 6.54 Å². The molecule has 0 aliphatic carbocycles. The minimum absolute atomic E-state index is 0.137. The highest BCUT2D eigenvalue weighted by molar-refractivity contribution is 7.80. The van der Waals surface area contributed by atoms with Crippen LogP contribution in [0.2, 0.25) is 0 Å². The third-order valence-corrected chi connectivity index (χ3v) is 5.95. The highest BCUT2D eigenvalue weighted by atomic mass is 32.1. The maximum absolute atomic E-state index is 13.4. The Balaban J connectivity index is 1.54. The average molecular weight is 460 g/mol. The fourth-order valence-electron chi connectivity index (χ4n) is 3.77. The molecular weight excluding hydrogens is 433 g/mol. The first-order valence-corrected chi connectivity index (χ1v) is 11.3. The van der Waals surface area contributed by atoms with Crippen LogP contribution in [0.15, 0.2) is 83.7 Å². The molecule has 6 heteroatoms. The van der Waals surface area contributed by atoms with E-state index in [9.17, 15) is 9.18 Å². The molecule has 0 amide bonds. The molecule has 1 aromatic heterocycles. The van der Waals surface area contributed by atoms with E-state index in [1.54, 1.807) is 12.1 Å². The van der Waals surface area contributed by atoms with Gasteiger partial charge in [-0.25, -0.2) is 4.39 Å². The summed E-state index contributed by atoms with van der Waals surface area (Å²) in [6.07, 6.45) is 0.835. The van der Waals surface area contributed by atoms with Gasteiger partial charge in [-0.15, -0.1) is 0 Å². The predicted octanol–water partition coefficient (Wildman–Crippen LogP) is 5.10. The Morgan fingerprint density at radius 2 is 1.73 bits per heavy atom. The van der Waals surface area contributed by atoms with Gasteiger partial charge in [0.2, 0.25) is 0 Å². The molecule has 0 radical (unpaired) electrons. The standard InChI is InChI=1S/C27H26FN3OS/c1-19-7-12-25-22(15-19)16-23(26(32)30-25)18-31(17-21-8-10-24(28)11-9-21)27(33)29-14-13-20-5-3-2-4-6-20/h2-12,15-16H,13-14,17-18H2,1H3,(H,29,33)(H,30,32). The number of aromatic nitrogens is 1. The Labute approximate surface area is 198 Å². The van der Waals surface area contributed by atoms with Crippen LogP contribution in [0.25, 0.3) is 10.9 Å². The van der Waals surface area contributed by atoms with Gasteiger partial charge in [0.15, 0.2) is 5.11 Å². The van der Waals surface area contributed by atoms with Crippen molar-refractivity contribution in [2.75, 3.05) is 6.54 Å². The van der Waals surface area contributed by atoms with Crippen LogP contribution in [0.5, 0.6) is 0 Å². The van der Waals surface area contributed by atoms with E-state index in [0.29, 0.717) is 30.3 Å². The first kappa shape index (κ1) is 22.7. The molecule has 0 fully saturated rings. The smallest absolute Gasteiger partial charge is 0.253 e. The largest absolute Gasteiger partial charge is 0.362 e. The summed E-state index contributed by atoms with van der Waals surface area (Å²) >= 11 is 5.70. The van der Waals surface area contributed by atoms with Crippen molar-refractivity contribution in [1.29, 1.82) is 0 Å². The third-order valence-electron chi connectivity index (χ3n) is 5.54. The second-order valence-electron chi connectivity index (χ2n) is 8.16. The van der Waals surface area contributed by atoms with Gasteiger partial charge < -0.3 is 15.2 Å². The Bertz CT molecular complexity index is 1300. The molecule has 4 nitrogen and oxygen atoms in total. The van der Waals surface area contributed by atoms with Crippen molar-refractivity contribution in [3.8, 4) is 0 Å². The molecule has 0 spiro atoms. The van der Waals surface area contributed by atoms with Gasteiger partial charge in [0.25, 0.3) is 5.56 Å². The van der Waals surface area contributed by atoms with E-state index in [4.69, 9.17) is 12.2 Å². The second kappa shape index (κ2) is 10.4. The van der Waals surface area contributed by atoms with Gasteiger partial charge in [-0.1, -0.05) is 54.1 Å². The second-order valence-corrected chi connectivity index (χ2v) is 8.55. The number of pyridine rings is 1. The molecule has 168 valence electrons. The highest BCUT2D eigenvalue weighted by Crippen LogP contribution is 2.16. The zero-order chi connectivity index (χ0) is 23.2. The molecule has 4 aromatic rings. The lowest BCUT2D eigenvalue weighted by atomic mass is 10.1. The van der Waals surface area contributed by atoms with E-state index in [-0.39, 0.29) is 11.4 Å². The maximum Gasteiger partial charge on any atom is 0.253 e. The normalized spacial score (nSPS) is 10.8. The quantitative estimate of drug-likeness (QED) is 0.378. The summed E-state index contributed by atoms with van der Waals surface area (Å²) in [6, 6.07) is 24.4. The number of hydrogen-bond donors (Lipinski definition) is 2. The Hall–Kier alpha value is -3.51. The van der Waals surface area contributed by atoms with E-state index in [2.05, 4.69) is 28.5 Å². The first-order valence-electron chi connectivity index (χ1n) is 10.9. The number of thiocarbonyl (C=S) groups is 1. The first-order chi connectivity index (χ1) is 16.0. The highest BCUT2D eigenvalue weighted by Gasteiger charge is 2.14. The van der Waals surface area contributed by atoms with Crippen molar-refractivity contribution in [2.24, 2.45) is 0 Å². The predicted molar refractivity (Wildman–Crippen MR) is 136 cm³/mol. The lowest BCUT2D eigenvalue weighted by molar-refractivity contribution is 0.397. The molecule has 0 bridgehead atoms. The maximum atomic E-state index is 13.4. The molecule has 1 heterocycles. The Morgan fingerprint density at radius 3 is 2.48 bits per heavy atom. The summed E-state index contributed by atoms with van der Waals surface area (Å²) in [6.45, 7) is 3.50. The van der Waals surface area contributed by atoms with Crippen molar-refractivity contribution >= 4 is 28.2 Å². The molecule has 2 N–H and O–H groups in total. The zero-order valence-corrected chi connectivity index (χ0v) is 19.3. The van der Waals surface area contributed by atoms with E-state index >= 15 is 0 Å². The summed E-state index contributed by atoms with van der Waals surface area (Å²) in [5.74, 6) is -0.282. The number of aromatic amines is 1. The summed E-state index contributed by atoms with van der Waals surface area (Å²) in [5, 5.41) is 4.86. The van der Waals surface area contributed by atoms with Crippen LogP contribution < -0.4 is 10.9 Å². The topological polar surface area (TPSA) is 48.1 Å². The lowest BCUT2D eigenvalue weighted by Crippen LogP contribution is -2.40. The summed E-state index contributed by atoms with van der Waals surface area (Å²) in [4.78, 5) is 17.7. The number of aryl methyl sites for hydroxylation is 1. The zero-order valence-electron chi connectivity index (χ0n) is 18.5. The van der Waals surface area contributed by atoms with Crippen LogP contribution in [0.1, 0.15) is 22.3 Å². The summed E-state index contributed by atoms with van der Waals surface area (Å²) < 4.78 is 13.4. The third kappa shape index (κ3) is 6.05. The molecule has 0 aliphatic rings. The van der Waals surface area contributed by atoms with Crippen LogP contribution in [0, 0.1) is 12.7 Å². The number of nitrogens with one attached hydrogen (secondary N) is 2. The van der Waals surface area contributed by atoms with Gasteiger partial charge >= 0.3 is 0 Å². The molecule has 0 unspecified atom stereocenters. The van der Waals surface area contributed by atoms with E-state index in [1.165, 1.54) is 17.7 Å². The average Bonchev–Trinajstić information content (AvgIpc) is 2.81. The molecule has 33 heavy (non-hydrogen) atoms. The monoisotopic (exact) mass is 459 g/mol. The van der Waals surface area contributed by atoms with Gasteiger partial charge in [0, 0.05) is 24.2 Å². The molecule has 0 saturated heterocycles. The number of fused-ring (bicyclic) bond motifs is 1. The number of hydrogen-bond acceptors (Lipinski definition) is 2. The minimum atomic E-state index is -0.282. The fraction of sp³-hybridized carbons (Fsp3) is 0.185. The summed E-state index contributed by atoms with van der Waals surface area (Å²) in [7, 11) is 0. The lowest BCUT2D eigenvalue weighted by Gasteiger charge is -2.26. The molecule has 4 rings (SSSR count). The van der Waals surface area contributed by atoms with Gasteiger partial charge in [0.1, 0.15) is 5.82 Å². The SMILES string of the molecule is Cc1ccc2[nH]c(=O)c(CN(Cc3ccc(F)cc3)C(=S)NCCc3ccccc3)cc2c1. The van der Waals surface area contributed by atoms with Crippen molar-refractivity contribution in [3.05, 3.63) is 117 Å². The molecular formula is C27H26FN3OS. The van der Waals surface area contributed by atoms with Crippen molar-refractivity contribution in [2.45, 2.75) is 26.4 Å². The Morgan fingerprint density at radius 1 is 0.970 bits per heavy atom. The number of rotatable bonds is 7. The van der Waals surface area contributed by atoms with E-state index in [1.807, 2.05) is 48.2 Å². The van der Waals surface area contributed by atoms with Gasteiger partial charge in [-0.3, -0.25) is 4.79 Å². The minimum Gasteiger partial charge on any atom is -0.362 e.